The largest absolute Gasteiger partial charge is 0.460 e. The van der Waals surface area contributed by atoms with Gasteiger partial charge < -0.3 is 14.8 Å². The Labute approximate surface area is 221 Å². The zero-order chi connectivity index (χ0) is 27.3. The van der Waals surface area contributed by atoms with Gasteiger partial charge in [-0.15, -0.1) is 0 Å². The number of hydrogen-bond acceptors (Lipinski definition) is 5. The highest BCUT2D eigenvalue weighted by Crippen LogP contribution is 2.38. The maximum atomic E-state index is 13.0. The summed E-state index contributed by atoms with van der Waals surface area (Å²) in [5, 5.41) is 2.96. The van der Waals surface area contributed by atoms with Crippen molar-refractivity contribution in [1.29, 1.82) is 0 Å². The first-order valence-electron chi connectivity index (χ1n) is 13.1. The van der Waals surface area contributed by atoms with Crippen molar-refractivity contribution in [2.45, 2.75) is 96.9 Å². The Morgan fingerprint density at radius 1 is 0.811 bits per heavy atom. The normalized spacial score (nSPS) is 19.1. The molecule has 1 N–H and O–H groups in total. The molecule has 1 aliphatic rings. The molecular weight excluding hydrogens is 464 g/mol. The lowest BCUT2D eigenvalue weighted by atomic mass is 9.72. The summed E-state index contributed by atoms with van der Waals surface area (Å²) >= 11 is 0. The van der Waals surface area contributed by atoms with Crippen molar-refractivity contribution >= 4 is 17.8 Å². The van der Waals surface area contributed by atoms with Crippen LogP contribution in [-0.4, -0.2) is 40.6 Å². The number of nitrogens with zero attached hydrogens (tertiary/aromatic N) is 1. The van der Waals surface area contributed by atoms with Gasteiger partial charge in [0.1, 0.15) is 11.2 Å². The van der Waals surface area contributed by atoms with E-state index >= 15 is 0 Å². The van der Waals surface area contributed by atoms with E-state index in [1.54, 1.807) is 0 Å². The van der Waals surface area contributed by atoms with Gasteiger partial charge in [0.05, 0.1) is 17.7 Å². The smallest absolute Gasteiger partial charge is 0.407 e. The minimum atomic E-state index is -0.676. The highest BCUT2D eigenvalue weighted by molar-refractivity contribution is 6.13. The molecule has 0 spiro atoms. The molecular formula is C31H42N2O4. The van der Waals surface area contributed by atoms with Crippen LogP contribution in [0.1, 0.15) is 85.3 Å². The molecule has 1 amide bonds. The standard InChI is InChI=1S/C31H42N2O4/c1-29(2,3)36-26(34)21-31(7,20-22-18-25(19-22)32-28(35)37-30(4,5)6)33-27(23-14-10-8-11-15-23)24-16-12-9-13-17-24/h8-17,22,25H,18-21H2,1-7H3,(H,32,35). The van der Waals surface area contributed by atoms with Crippen LogP contribution in [0.3, 0.4) is 0 Å². The van der Waals surface area contributed by atoms with Gasteiger partial charge in [-0.2, -0.15) is 0 Å². The number of benzene rings is 2. The van der Waals surface area contributed by atoms with Crippen molar-refractivity contribution in [2.24, 2.45) is 10.9 Å². The van der Waals surface area contributed by atoms with Gasteiger partial charge in [-0.05, 0) is 73.6 Å². The fourth-order valence-corrected chi connectivity index (χ4v) is 4.72. The maximum absolute atomic E-state index is 13.0. The molecule has 200 valence electrons. The van der Waals surface area contributed by atoms with Crippen LogP contribution in [0.4, 0.5) is 4.79 Å². The van der Waals surface area contributed by atoms with Gasteiger partial charge in [-0.3, -0.25) is 9.79 Å². The summed E-state index contributed by atoms with van der Waals surface area (Å²) in [6.07, 6.45) is 2.15. The summed E-state index contributed by atoms with van der Waals surface area (Å²) in [6, 6.07) is 20.2. The van der Waals surface area contributed by atoms with Crippen LogP contribution in [0.2, 0.25) is 0 Å². The number of aliphatic imine (C=N–C) groups is 1. The summed E-state index contributed by atoms with van der Waals surface area (Å²) in [6.45, 7) is 13.2. The summed E-state index contributed by atoms with van der Waals surface area (Å²) in [5.74, 6) is 0.0610. The van der Waals surface area contributed by atoms with E-state index in [-0.39, 0.29) is 24.5 Å². The van der Waals surface area contributed by atoms with Crippen molar-refractivity contribution in [1.82, 2.24) is 5.32 Å². The monoisotopic (exact) mass is 506 g/mol. The molecule has 0 aromatic heterocycles. The summed E-state index contributed by atoms with van der Waals surface area (Å²) in [7, 11) is 0. The van der Waals surface area contributed by atoms with E-state index in [0.29, 0.717) is 12.3 Å². The molecule has 2 aromatic carbocycles. The van der Waals surface area contributed by atoms with Gasteiger partial charge in [0.15, 0.2) is 0 Å². The summed E-state index contributed by atoms with van der Waals surface area (Å²) in [5.41, 5.74) is 1.09. The Bertz CT molecular complexity index is 1040. The van der Waals surface area contributed by atoms with Gasteiger partial charge in [-0.25, -0.2) is 4.79 Å². The predicted molar refractivity (Wildman–Crippen MR) is 148 cm³/mol. The number of hydrogen-bond donors (Lipinski definition) is 1. The van der Waals surface area contributed by atoms with E-state index in [9.17, 15) is 9.59 Å². The molecule has 3 rings (SSSR count). The summed E-state index contributed by atoms with van der Waals surface area (Å²) in [4.78, 5) is 30.4. The Balaban J connectivity index is 1.84. The van der Waals surface area contributed by atoms with Crippen LogP contribution >= 0.6 is 0 Å². The quantitative estimate of drug-likeness (QED) is 0.319. The molecule has 37 heavy (non-hydrogen) atoms. The predicted octanol–water partition coefficient (Wildman–Crippen LogP) is 6.71. The fourth-order valence-electron chi connectivity index (χ4n) is 4.72. The molecule has 0 heterocycles. The van der Waals surface area contributed by atoms with Crippen molar-refractivity contribution in [3.8, 4) is 0 Å². The molecule has 0 bridgehead atoms. The Morgan fingerprint density at radius 3 is 1.76 bits per heavy atom. The van der Waals surface area contributed by atoms with Gasteiger partial charge in [-0.1, -0.05) is 60.7 Å². The van der Waals surface area contributed by atoms with E-state index in [1.165, 1.54) is 0 Å². The number of nitrogens with one attached hydrogen (secondary N) is 1. The van der Waals surface area contributed by atoms with Crippen LogP contribution in [-0.2, 0) is 14.3 Å². The minimum absolute atomic E-state index is 0.0670. The van der Waals surface area contributed by atoms with E-state index in [2.05, 4.69) is 5.32 Å². The van der Waals surface area contributed by atoms with Gasteiger partial charge in [0.2, 0.25) is 0 Å². The van der Waals surface area contributed by atoms with Gasteiger partial charge in [0, 0.05) is 17.2 Å². The van der Waals surface area contributed by atoms with E-state index in [0.717, 1.165) is 29.7 Å². The third-order valence-electron chi connectivity index (χ3n) is 6.11. The van der Waals surface area contributed by atoms with Crippen molar-refractivity contribution in [3.05, 3.63) is 71.8 Å². The third kappa shape index (κ3) is 9.34. The third-order valence-corrected chi connectivity index (χ3v) is 6.11. The van der Waals surface area contributed by atoms with Crippen molar-refractivity contribution < 1.29 is 19.1 Å². The topological polar surface area (TPSA) is 77.0 Å². The Hall–Kier alpha value is -3.15. The molecule has 1 atom stereocenters. The van der Waals surface area contributed by atoms with Crippen LogP contribution in [0.5, 0.6) is 0 Å². The number of carbonyl (C=O) groups excluding carboxylic acids is 2. The van der Waals surface area contributed by atoms with Crippen LogP contribution in [0, 0.1) is 5.92 Å². The number of carbonyl (C=O) groups is 2. The molecule has 0 aliphatic heterocycles. The molecule has 0 saturated heterocycles. The Kier molecular flexibility index (Phi) is 8.83. The second kappa shape index (κ2) is 11.5. The minimum Gasteiger partial charge on any atom is -0.460 e. The average molecular weight is 507 g/mol. The van der Waals surface area contributed by atoms with Crippen molar-refractivity contribution in [3.63, 3.8) is 0 Å². The number of rotatable bonds is 8. The lowest BCUT2D eigenvalue weighted by Gasteiger charge is -2.40. The summed E-state index contributed by atoms with van der Waals surface area (Å²) < 4.78 is 11.1. The first-order valence-corrected chi connectivity index (χ1v) is 13.1. The molecule has 1 fully saturated rings. The molecule has 6 heteroatoms. The second-order valence-corrected chi connectivity index (χ2v) is 12.3. The maximum Gasteiger partial charge on any atom is 0.407 e. The average Bonchev–Trinajstić information content (AvgIpc) is 2.74. The van der Waals surface area contributed by atoms with Crippen molar-refractivity contribution in [2.75, 3.05) is 0 Å². The zero-order valence-electron chi connectivity index (χ0n) is 23.3. The molecule has 1 aliphatic carbocycles. The first-order chi connectivity index (χ1) is 17.2. The number of esters is 1. The fraction of sp³-hybridized carbons (Fsp3) is 0.516. The highest BCUT2D eigenvalue weighted by Gasteiger charge is 2.39. The zero-order valence-corrected chi connectivity index (χ0v) is 23.3. The Morgan fingerprint density at radius 2 is 1.30 bits per heavy atom. The van der Waals surface area contributed by atoms with E-state index < -0.39 is 16.7 Å². The molecule has 2 aromatic rings. The lowest BCUT2D eigenvalue weighted by Crippen LogP contribution is -2.48. The number of amides is 1. The number of ether oxygens (including phenoxy) is 2. The first kappa shape index (κ1) is 28.4. The molecule has 1 unspecified atom stereocenters. The second-order valence-electron chi connectivity index (χ2n) is 12.3. The van der Waals surface area contributed by atoms with Crippen LogP contribution in [0.25, 0.3) is 0 Å². The molecule has 1 saturated carbocycles. The lowest BCUT2D eigenvalue weighted by molar-refractivity contribution is -0.156. The number of alkyl carbamates (subject to hydrolysis) is 1. The molecule has 6 nitrogen and oxygen atoms in total. The molecule has 0 radical (unpaired) electrons. The van der Waals surface area contributed by atoms with E-state index in [4.69, 9.17) is 14.5 Å². The van der Waals surface area contributed by atoms with Gasteiger partial charge >= 0.3 is 12.1 Å². The van der Waals surface area contributed by atoms with Crippen LogP contribution in [0.15, 0.2) is 65.7 Å². The van der Waals surface area contributed by atoms with Crippen LogP contribution < -0.4 is 5.32 Å². The van der Waals surface area contributed by atoms with E-state index in [1.807, 2.05) is 109 Å². The van der Waals surface area contributed by atoms with Gasteiger partial charge in [0.25, 0.3) is 0 Å². The SMILES string of the molecule is CC(CC(=O)OC(C)(C)C)(CC1CC(NC(=O)OC(C)(C)C)C1)N=C(c1ccccc1)c1ccccc1. The highest BCUT2D eigenvalue weighted by atomic mass is 16.6.